The van der Waals surface area contributed by atoms with Gasteiger partial charge in [-0.1, -0.05) is 0 Å². The molecule has 0 atom stereocenters. The van der Waals surface area contributed by atoms with E-state index in [2.05, 4.69) is 0 Å². The van der Waals surface area contributed by atoms with E-state index in [0.29, 0.717) is 31.9 Å². The molecule has 14 heavy (non-hydrogen) atoms. The summed E-state index contributed by atoms with van der Waals surface area (Å²) in [6.45, 7) is 2.28. The molecule has 0 bridgehead atoms. The number of rotatable bonds is 10. The van der Waals surface area contributed by atoms with E-state index in [-0.39, 0.29) is 5.91 Å². The molecule has 0 fully saturated rings. The number of alkyl halides is 1. The van der Waals surface area contributed by atoms with Gasteiger partial charge in [0.1, 0.15) is 15.4 Å². The highest BCUT2D eigenvalue weighted by Gasteiger charge is 2.08. The second-order valence-corrected chi connectivity index (χ2v) is 5.39. The minimum absolute atomic E-state index is 0.113. The van der Waals surface area contributed by atoms with Gasteiger partial charge in [-0.25, -0.2) is 0 Å². The van der Waals surface area contributed by atoms with Crippen molar-refractivity contribution in [1.29, 1.82) is 0 Å². The van der Waals surface area contributed by atoms with Crippen molar-refractivity contribution in [2.24, 2.45) is 0 Å². The first-order valence-corrected chi connectivity index (χ1v) is 6.97. The Hall–Kier alpha value is 0.347. The van der Waals surface area contributed by atoms with Gasteiger partial charge in [-0.3, -0.25) is 0 Å². The molecule has 0 saturated heterocycles. The van der Waals surface area contributed by atoms with Crippen molar-refractivity contribution in [3.63, 3.8) is 0 Å². The Morgan fingerprint density at radius 1 is 1.00 bits per heavy atom. The zero-order valence-corrected chi connectivity index (χ0v) is 11.0. The zero-order valence-electron chi connectivity index (χ0n) is 8.83. The Bertz CT molecular complexity index is 108. The fourth-order valence-corrected chi connectivity index (χ4v) is 2.21. The lowest BCUT2D eigenvalue weighted by Gasteiger charge is -2.16. The summed E-state index contributed by atoms with van der Waals surface area (Å²) in [4.78, 5) is 0. The minimum atomic E-state index is -0.510. The number of hydrogen-bond donors (Lipinski definition) is 0. The summed E-state index contributed by atoms with van der Waals surface area (Å²) in [5.74, 6) is -0.113. The van der Waals surface area contributed by atoms with Crippen LogP contribution in [0.5, 0.6) is 0 Å². The van der Waals surface area contributed by atoms with Crippen LogP contribution in [0.15, 0.2) is 0 Å². The summed E-state index contributed by atoms with van der Waals surface area (Å²) in [6.07, 6.45) is 0. The molecule has 0 unspecified atom stereocenters. The van der Waals surface area contributed by atoms with Gasteiger partial charge in [-0.05, 0) is 0 Å². The molecule has 0 aromatic heterocycles. The van der Waals surface area contributed by atoms with Crippen molar-refractivity contribution in [2.75, 3.05) is 46.2 Å². The molecule has 0 aromatic rings. The van der Waals surface area contributed by atoms with Gasteiger partial charge in [0.05, 0.1) is 26.4 Å². The second kappa shape index (κ2) is 11.4. The summed E-state index contributed by atoms with van der Waals surface area (Å²) in [6, 6.07) is 0. The van der Waals surface area contributed by atoms with Crippen LogP contribution in [0.3, 0.4) is 0 Å². The first-order valence-electron chi connectivity index (χ1n) is 4.62. The molecule has 0 saturated carbocycles. The molecular weight excluding hydrogens is 224 g/mol. The lowest BCUT2D eigenvalue weighted by molar-refractivity contribution is -0.108. The molecule has 6 heteroatoms. The van der Waals surface area contributed by atoms with Crippen LogP contribution in [0.1, 0.15) is 0 Å². The fourth-order valence-electron chi connectivity index (χ4n) is 0.830. The molecule has 0 rings (SSSR count). The number of hydrogen-bond acceptors (Lipinski definition) is 4. The second-order valence-electron chi connectivity index (χ2n) is 2.63. The van der Waals surface area contributed by atoms with Gasteiger partial charge in [0.15, 0.2) is 0 Å². The molecule has 0 amide bonds. The van der Waals surface area contributed by atoms with Crippen LogP contribution in [0, 0.1) is 0 Å². The third kappa shape index (κ3) is 8.92. The van der Waals surface area contributed by atoms with Crippen molar-refractivity contribution in [2.45, 2.75) is 5.91 Å². The molecule has 0 aliphatic rings. The summed E-state index contributed by atoms with van der Waals surface area (Å²) in [7, 11) is 2.77. The van der Waals surface area contributed by atoms with Gasteiger partial charge in [0.2, 0.25) is 0 Å². The molecular formula is C8H19ClO4Si. The average molecular weight is 243 g/mol. The van der Waals surface area contributed by atoms with Crippen LogP contribution in [0.4, 0.5) is 0 Å². The van der Waals surface area contributed by atoms with Crippen molar-refractivity contribution >= 4 is 21.1 Å². The van der Waals surface area contributed by atoms with E-state index < -0.39 is 9.52 Å². The molecule has 4 nitrogen and oxygen atoms in total. The maximum atomic E-state index is 5.66. The molecule has 0 aliphatic heterocycles. The Morgan fingerprint density at radius 3 is 1.86 bits per heavy atom. The predicted molar refractivity (Wildman–Crippen MR) is 58.7 cm³/mol. The Balaban J connectivity index is 3.44. The summed E-state index contributed by atoms with van der Waals surface area (Å²) < 4.78 is 20.6. The largest absolute Gasteiger partial charge is 0.382 e. The van der Waals surface area contributed by atoms with Gasteiger partial charge in [-0.15, -0.1) is 11.6 Å². The normalized spacial score (nSPS) is 12.0. The number of ether oxygens (including phenoxy) is 4. The van der Waals surface area contributed by atoms with E-state index in [1.807, 2.05) is 0 Å². The highest BCUT2D eigenvalue weighted by Crippen LogP contribution is 1.95. The molecule has 0 aromatic carbocycles. The van der Waals surface area contributed by atoms with Gasteiger partial charge in [0.25, 0.3) is 0 Å². The Labute approximate surface area is 92.6 Å². The van der Waals surface area contributed by atoms with E-state index in [9.17, 15) is 0 Å². The monoisotopic (exact) mass is 242 g/mol. The van der Waals surface area contributed by atoms with E-state index in [0.717, 1.165) is 0 Å². The fraction of sp³-hybridized carbons (Fsp3) is 1.00. The van der Waals surface area contributed by atoms with Crippen molar-refractivity contribution in [3.05, 3.63) is 0 Å². The molecule has 0 radical (unpaired) electrons. The van der Waals surface area contributed by atoms with Gasteiger partial charge in [0, 0.05) is 19.7 Å². The lowest BCUT2D eigenvalue weighted by atomic mass is 10.8. The number of methoxy groups -OCH3 is 2. The van der Waals surface area contributed by atoms with Crippen LogP contribution in [-0.4, -0.2) is 61.6 Å². The Morgan fingerprint density at radius 2 is 1.50 bits per heavy atom. The van der Waals surface area contributed by atoms with Crippen molar-refractivity contribution in [3.8, 4) is 0 Å². The van der Waals surface area contributed by atoms with E-state index in [1.165, 1.54) is 0 Å². The maximum Gasteiger partial charge on any atom is 0.136 e. The van der Waals surface area contributed by atoms with E-state index in [4.69, 9.17) is 30.5 Å². The first kappa shape index (κ1) is 14.3. The molecule has 0 aliphatic carbocycles. The zero-order chi connectivity index (χ0) is 10.6. The van der Waals surface area contributed by atoms with Crippen LogP contribution in [0.2, 0.25) is 0 Å². The smallest absolute Gasteiger partial charge is 0.136 e. The van der Waals surface area contributed by atoms with Crippen molar-refractivity contribution < 1.29 is 18.9 Å². The SMILES string of the molecule is COCCOC(OCCOC)[SiH2]CCl. The topological polar surface area (TPSA) is 36.9 Å². The minimum Gasteiger partial charge on any atom is -0.382 e. The highest BCUT2D eigenvalue weighted by molar-refractivity contribution is 6.50. The molecule has 0 heterocycles. The first-order chi connectivity index (χ1) is 6.85. The molecule has 0 spiro atoms. The predicted octanol–water partition coefficient (Wildman–Crippen LogP) is -0.0389. The summed E-state index contributed by atoms with van der Waals surface area (Å²) in [5, 5.41) is 0. The van der Waals surface area contributed by atoms with E-state index in [1.54, 1.807) is 14.2 Å². The highest BCUT2D eigenvalue weighted by atomic mass is 35.5. The third-order valence-electron chi connectivity index (χ3n) is 1.53. The van der Waals surface area contributed by atoms with Gasteiger partial charge < -0.3 is 18.9 Å². The Kier molecular flexibility index (Phi) is 11.7. The number of halogens is 1. The van der Waals surface area contributed by atoms with Crippen LogP contribution in [-0.2, 0) is 18.9 Å². The van der Waals surface area contributed by atoms with Crippen LogP contribution < -0.4 is 0 Å². The summed E-state index contributed by atoms with van der Waals surface area (Å²) in [5.41, 5.74) is 0.657. The standard InChI is InChI=1S/C8H19ClO4Si/c1-10-3-5-12-8(14-7-9)13-6-4-11-2/h8H,3-7,14H2,1-2H3. The molecule has 86 valence electrons. The molecule has 0 N–H and O–H groups in total. The van der Waals surface area contributed by atoms with Crippen LogP contribution in [0.25, 0.3) is 0 Å². The van der Waals surface area contributed by atoms with Gasteiger partial charge >= 0.3 is 0 Å². The lowest BCUT2D eigenvalue weighted by Crippen LogP contribution is -2.28. The van der Waals surface area contributed by atoms with Gasteiger partial charge in [-0.2, -0.15) is 0 Å². The average Bonchev–Trinajstić information content (AvgIpc) is 2.18. The van der Waals surface area contributed by atoms with Crippen molar-refractivity contribution in [1.82, 2.24) is 0 Å². The third-order valence-corrected chi connectivity index (χ3v) is 3.34. The quantitative estimate of drug-likeness (QED) is 0.233. The van der Waals surface area contributed by atoms with E-state index >= 15 is 0 Å². The van der Waals surface area contributed by atoms with Crippen LogP contribution >= 0.6 is 11.6 Å². The summed E-state index contributed by atoms with van der Waals surface area (Å²) >= 11 is 5.66. The maximum absolute atomic E-state index is 5.66.